The molecular weight excluding hydrogens is 615 g/mol. The number of nitrogens with zero attached hydrogens (tertiary/aromatic N) is 1. The predicted molar refractivity (Wildman–Crippen MR) is 216 cm³/mol. The van der Waals surface area contributed by atoms with Crippen LogP contribution in [0.3, 0.4) is 0 Å². The number of para-hydroxylation sites is 1. The van der Waals surface area contributed by atoms with E-state index >= 15 is 0 Å². The second kappa shape index (κ2) is 12.0. The Bertz CT molecular complexity index is 2750. The van der Waals surface area contributed by atoms with Gasteiger partial charge in [0.25, 0.3) is 0 Å². The molecule has 2 unspecified atom stereocenters. The number of rotatable bonds is 4. The van der Waals surface area contributed by atoms with Gasteiger partial charge in [0.15, 0.2) is 0 Å². The van der Waals surface area contributed by atoms with Gasteiger partial charge in [-0.1, -0.05) is 153 Å². The maximum absolute atomic E-state index is 2.46. The molecule has 9 aromatic rings. The molecule has 242 valence electrons. The molecule has 0 saturated carbocycles. The highest BCUT2D eigenvalue weighted by molar-refractivity contribution is 6.10. The van der Waals surface area contributed by atoms with Crippen LogP contribution in [0.2, 0.25) is 0 Å². The Morgan fingerprint density at radius 3 is 2.08 bits per heavy atom. The summed E-state index contributed by atoms with van der Waals surface area (Å²) in [5.74, 6) is 0.731. The molecular formula is C50H37N. The zero-order chi connectivity index (χ0) is 33.9. The standard InChI is InChI=1S/C50H37N/c1-33-43-26-23-38(30-47(43)44-19-8-7-16-41(44)32-46(33)40-18-11-17-36(28-40)34-12-3-2-4-13-34)39-24-27-50-48(31-39)45-20-9-10-21-49(45)51(50)42-25-22-35-14-5-6-15-37(35)29-42/h2-31,33,46H,32H2,1H3. The van der Waals surface area contributed by atoms with Crippen LogP contribution in [0, 0.1) is 0 Å². The summed E-state index contributed by atoms with van der Waals surface area (Å²) >= 11 is 0. The minimum atomic E-state index is 0.356. The lowest BCUT2D eigenvalue weighted by atomic mass is 9.79. The van der Waals surface area contributed by atoms with Crippen molar-refractivity contribution in [2.45, 2.75) is 25.2 Å². The first-order valence-corrected chi connectivity index (χ1v) is 18.1. The van der Waals surface area contributed by atoms with E-state index < -0.39 is 0 Å². The Kier molecular flexibility index (Phi) is 6.99. The fraction of sp³-hybridized carbons (Fsp3) is 0.0800. The molecule has 1 nitrogen and oxygen atoms in total. The Morgan fingerprint density at radius 1 is 0.451 bits per heavy atom. The van der Waals surface area contributed by atoms with Crippen LogP contribution in [-0.2, 0) is 6.42 Å². The largest absolute Gasteiger partial charge is 0.309 e. The summed E-state index contributed by atoms with van der Waals surface area (Å²) in [6, 6.07) is 67.5. The number of hydrogen-bond donors (Lipinski definition) is 0. The smallest absolute Gasteiger partial charge is 0.0541 e. The van der Waals surface area contributed by atoms with Crippen LogP contribution in [0.15, 0.2) is 182 Å². The van der Waals surface area contributed by atoms with Crippen LogP contribution in [0.1, 0.15) is 35.4 Å². The van der Waals surface area contributed by atoms with E-state index in [9.17, 15) is 0 Å². The topological polar surface area (TPSA) is 4.93 Å². The highest BCUT2D eigenvalue weighted by Gasteiger charge is 2.29. The molecule has 0 radical (unpaired) electrons. The van der Waals surface area contributed by atoms with Crippen LogP contribution in [-0.4, -0.2) is 4.57 Å². The van der Waals surface area contributed by atoms with E-state index in [-0.39, 0.29) is 0 Å². The van der Waals surface area contributed by atoms with Gasteiger partial charge in [-0.15, -0.1) is 0 Å². The summed E-state index contributed by atoms with van der Waals surface area (Å²) in [7, 11) is 0. The molecule has 8 aromatic carbocycles. The van der Waals surface area contributed by atoms with E-state index in [0.717, 1.165) is 6.42 Å². The molecule has 0 aliphatic heterocycles. The average Bonchev–Trinajstić information content (AvgIpc) is 3.47. The van der Waals surface area contributed by atoms with E-state index in [1.807, 2.05) is 0 Å². The summed E-state index contributed by atoms with van der Waals surface area (Å²) < 4.78 is 2.42. The zero-order valence-electron chi connectivity index (χ0n) is 28.6. The first-order valence-electron chi connectivity index (χ1n) is 18.1. The second-order valence-corrected chi connectivity index (χ2v) is 14.2. The van der Waals surface area contributed by atoms with Crippen molar-refractivity contribution in [3.05, 3.63) is 199 Å². The number of aromatic nitrogens is 1. The minimum absolute atomic E-state index is 0.356. The lowest BCUT2D eigenvalue weighted by Gasteiger charge is -2.25. The lowest BCUT2D eigenvalue weighted by molar-refractivity contribution is 0.579. The zero-order valence-corrected chi connectivity index (χ0v) is 28.6. The van der Waals surface area contributed by atoms with Crippen molar-refractivity contribution >= 4 is 32.6 Å². The van der Waals surface area contributed by atoms with Gasteiger partial charge in [0.05, 0.1) is 11.0 Å². The highest BCUT2D eigenvalue weighted by Crippen LogP contribution is 2.47. The quantitative estimate of drug-likeness (QED) is 0.178. The molecule has 0 saturated heterocycles. The molecule has 0 fully saturated rings. The van der Waals surface area contributed by atoms with E-state index in [4.69, 9.17) is 0 Å². The number of benzene rings is 8. The van der Waals surface area contributed by atoms with Crippen LogP contribution in [0.25, 0.3) is 71.6 Å². The molecule has 1 aliphatic carbocycles. The molecule has 0 amide bonds. The van der Waals surface area contributed by atoms with Crippen LogP contribution < -0.4 is 0 Å². The third-order valence-corrected chi connectivity index (χ3v) is 11.3. The fourth-order valence-electron chi connectivity index (χ4n) is 8.69. The third-order valence-electron chi connectivity index (χ3n) is 11.3. The normalized spacial score (nSPS) is 15.5. The van der Waals surface area contributed by atoms with Crippen LogP contribution in [0.5, 0.6) is 0 Å². The van der Waals surface area contributed by atoms with Gasteiger partial charge < -0.3 is 4.57 Å². The van der Waals surface area contributed by atoms with Gasteiger partial charge in [-0.3, -0.25) is 0 Å². The fourth-order valence-corrected chi connectivity index (χ4v) is 8.69. The Labute approximate surface area is 299 Å². The molecule has 0 spiro atoms. The van der Waals surface area contributed by atoms with Crippen molar-refractivity contribution in [1.29, 1.82) is 0 Å². The number of fused-ring (bicyclic) bond motifs is 7. The Hall–Kier alpha value is -6.18. The van der Waals surface area contributed by atoms with Crippen molar-refractivity contribution in [1.82, 2.24) is 4.57 Å². The molecule has 10 rings (SSSR count). The van der Waals surface area contributed by atoms with Gasteiger partial charge in [0, 0.05) is 16.5 Å². The number of hydrogen-bond acceptors (Lipinski definition) is 0. The molecule has 1 aromatic heterocycles. The maximum Gasteiger partial charge on any atom is 0.0541 e. The summed E-state index contributed by atoms with van der Waals surface area (Å²) in [5.41, 5.74) is 15.7. The van der Waals surface area contributed by atoms with Crippen molar-refractivity contribution < 1.29 is 0 Å². The monoisotopic (exact) mass is 651 g/mol. The van der Waals surface area contributed by atoms with Gasteiger partial charge in [-0.05, 0) is 115 Å². The first kappa shape index (κ1) is 29.7. The first-order chi connectivity index (χ1) is 25.2. The van der Waals surface area contributed by atoms with Crippen LogP contribution in [0.4, 0.5) is 0 Å². The van der Waals surface area contributed by atoms with Gasteiger partial charge in [0.2, 0.25) is 0 Å². The average molecular weight is 652 g/mol. The molecule has 51 heavy (non-hydrogen) atoms. The molecule has 0 N–H and O–H groups in total. The van der Waals surface area contributed by atoms with E-state index in [1.54, 1.807) is 0 Å². The van der Waals surface area contributed by atoms with Crippen molar-refractivity contribution in [3.8, 4) is 39.1 Å². The van der Waals surface area contributed by atoms with E-state index in [2.05, 4.69) is 193 Å². The van der Waals surface area contributed by atoms with Gasteiger partial charge in [-0.2, -0.15) is 0 Å². The van der Waals surface area contributed by atoms with Crippen molar-refractivity contribution in [2.24, 2.45) is 0 Å². The van der Waals surface area contributed by atoms with Crippen LogP contribution >= 0.6 is 0 Å². The third kappa shape index (κ3) is 5.00. The molecule has 1 aliphatic rings. The highest BCUT2D eigenvalue weighted by atomic mass is 15.0. The summed E-state index contributed by atoms with van der Waals surface area (Å²) in [6.45, 7) is 2.43. The van der Waals surface area contributed by atoms with E-state index in [1.165, 1.54) is 88.3 Å². The van der Waals surface area contributed by atoms with Gasteiger partial charge in [-0.25, -0.2) is 0 Å². The van der Waals surface area contributed by atoms with E-state index in [0.29, 0.717) is 11.8 Å². The Balaban J connectivity index is 1.09. The van der Waals surface area contributed by atoms with Gasteiger partial charge >= 0.3 is 0 Å². The summed E-state index contributed by atoms with van der Waals surface area (Å²) in [5, 5.41) is 5.06. The maximum atomic E-state index is 2.46. The summed E-state index contributed by atoms with van der Waals surface area (Å²) in [6.07, 6.45) is 1.01. The SMILES string of the molecule is CC1c2ccc(-c3ccc4c(c3)c3ccccc3n4-c3ccc4ccccc4c3)cc2-c2ccccc2CC1c1cccc(-c2ccccc2)c1. The Morgan fingerprint density at radius 2 is 1.16 bits per heavy atom. The molecule has 1 heterocycles. The van der Waals surface area contributed by atoms with Crippen molar-refractivity contribution in [3.63, 3.8) is 0 Å². The molecule has 1 heteroatoms. The van der Waals surface area contributed by atoms with Crippen molar-refractivity contribution in [2.75, 3.05) is 0 Å². The molecule has 0 bridgehead atoms. The second-order valence-electron chi connectivity index (χ2n) is 14.2. The predicted octanol–water partition coefficient (Wildman–Crippen LogP) is 13.4. The molecule has 2 atom stereocenters. The van der Waals surface area contributed by atoms with Gasteiger partial charge in [0.1, 0.15) is 0 Å². The minimum Gasteiger partial charge on any atom is -0.309 e. The summed E-state index contributed by atoms with van der Waals surface area (Å²) in [4.78, 5) is 0. The lowest BCUT2D eigenvalue weighted by Crippen LogP contribution is -2.10.